The second-order valence-electron chi connectivity index (χ2n) is 2.88. The lowest BCUT2D eigenvalue weighted by atomic mass is 10.1. The maximum Gasteiger partial charge on any atom is 0.573 e. The molecule has 0 radical (unpaired) electrons. The van der Waals surface area contributed by atoms with E-state index in [9.17, 15) is 13.2 Å². The predicted octanol–water partition coefficient (Wildman–Crippen LogP) is 2.96. The smallest absolute Gasteiger partial charge is 0.403 e. The molecule has 0 aliphatic heterocycles. The van der Waals surface area contributed by atoms with E-state index in [2.05, 4.69) is 9.72 Å². The molecule has 16 heavy (non-hydrogen) atoms. The number of halogens is 4. The van der Waals surface area contributed by atoms with E-state index in [1.165, 1.54) is 0 Å². The fourth-order valence-electron chi connectivity index (χ4n) is 1.08. The second-order valence-corrected chi connectivity index (χ2v) is 3.96. The molecule has 3 nitrogen and oxygen atoms in total. The Labute approximate surface area is 103 Å². The molecule has 1 aromatic rings. The lowest BCUT2D eigenvalue weighted by Crippen LogP contribution is -2.18. The number of nitrogens with zero attached hydrogens (tertiary/aromatic N) is 2. The third-order valence-electron chi connectivity index (χ3n) is 1.77. The minimum atomic E-state index is -4.75. The summed E-state index contributed by atoms with van der Waals surface area (Å²) < 4.78 is 40.1. The molecule has 0 N–H and O–H groups in total. The predicted molar refractivity (Wildman–Crippen MR) is 57.7 cm³/mol. The second kappa shape index (κ2) is 4.86. The van der Waals surface area contributed by atoms with Crippen molar-refractivity contribution in [2.75, 3.05) is 0 Å². The molecule has 0 bridgehead atoms. The number of hydrogen-bond acceptors (Lipinski definition) is 3. The lowest BCUT2D eigenvalue weighted by Gasteiger charge is -2.12. The molecule has 0 fully saturated rings. The van der Waals surface area contributed by atoms with Crippen molar-refractivity contribution in [1.29, 1.82) is 5.26 Å². The van der Waals surface area contributed by atoms with Crippen LogP contribution in [0.5, 0.6) is 5.75 Å². The van der Waals surface area contributed by atoms with Gasteiger partial charge < -0.3 is 4.74 Å². The van der Waals surface area contributed by atoms with Crippen LogP contribution in [-0.4, -0.2) is 11.3 Å². The van der Waals surface area contributed by atoms with Crippen molar-refractivity contribution in [3.8, 4) is 11.8 Å². The van der Waals surface area contributed by atoms with E-state index in [4.69, 9.17) is 5.26 Å². The first-order valence-corrected chi connectivity index (χ1v) is 5.19. The number of aromatic nitrogens is 1. The van der Waals surface area contributed by atoms with Crippen molar-refractivity contribution >= 4 is 22.6 Å². The van der Waals surface area contributed by atoms with Gasteiger partial charge in [-0.15, -0.1) is 13.2 Å². The van der Waals surface area contributed by atoms with Crippen LogP contribution in [0, 0.1) is 21.8 Å². The first kappa shape index (κ1) is 13.0. The van der Waals surface area contributed by atoms with Gasteiger partial charge in [-0.3, -0.25) is 4.98 Å². The Morgan fingerprint density at radius 3 is 2.69 bits per heavy atom. The minimum Gasteiger partial charge on any atom is -0.403 e. The molecule has 0 atom stereocenters. The molecular weight excluding hydrogens is 336 g/mol. The molecule has 1 rings (SSSR count). The third-order valence-corrected chi connectivity index (χ3v) is 2.96. The maximum atomic E-state index is 12.0. The molecule has 0 aliphatic carbocycles. The number of hydrogen-bond donors (Lipinski definition) is 0. The van der Waals surface area contributed by atoms with Gasteiger partial charge in [-0.2, -0.15) is 5.26 Å². The standard InChI is InChI=1S/C9H6F3IN2O/c1-5-6(2-3-14)8(13)7(4-15-5)16-9(10,11)12/h4H,2H2,1H3. The lowest BCUT2D eigenvalue weighted by molar-refractivity contribution is -0.275. The van der Waals surface area contributed by atoms with Gasteiger partial charge in [0.2, 0.25) is 0 Å². The Bertz CT molecular complexity index is 440. The summed E-state index contributed by atoms with van der Waals surface area (Å²) in [6, 6.07) is 1.87. The van der Waals surface area contributed by atoms with Crippen LogP contribution in [-0.2, 0) is 6.42 Å². The highest BCUT2D eigenvalue weighted by molar-refractivity contribution is 14.1. The molecule has 0 saturated carbocycles. The van der Waals surface area contributed by atoms with Gasteiger partial charge in [-0.25, -0.2) is 0 Å². The molecular formula is C9H6F3IN2O. The average molecular weight is 342 g/mol. The van der Waals surface area contributed by atoms with E-state index in [-0.39, 0.29) is 15.7 Å². The Kier molecular flexibility index (Phi) is 3.96. The number of rotatable bonds is 2. The number of alkyl halides is 3. The van der Waals surface area contributed by atoms with E-state index < -0.39 is 6.36 Å². The number of aryl methyl sites for hydroxylation is 1. The van der Waals surface area contributed by atoms with Gasteiger partial charge in [0.25, 0.3) is 0 Å². The Morgan fingerprint density at radius 1 is 1.56 bits per heavy atom. The summed E-state index contributed by atoms with van der Waals surface area (Å²) in [5.74, 6) is -0.371. The number of nitriles is 1. The molecule has 0 spiro atoms. The van der Waals surface area contributed by atoms with Crippen molar-refractivity contribution in [1.82, 2.24) is 4.98 Å². The Balaban J connectivity index is 3.14. The van der Waals surface area contributed by atoms with E-state index in [0.29, 0.717) is 11.3 Å². The zero-order valence-corrected chi connectivity index (χ0v) is 10.3. The highest BCUT2D eigenvalue weighted by atomic mass is 127. The molecule has 0 saturated heterocycles. The van der Waals surface area contributed by atoms with Crippen molar-refractivity contribution < 1.29 is 17.9 Å². The largest absolute Gasteiger partial charge is 0.573 e. The maximum absolute atomic E-state index is 12.0. The van der Waals surface area contributed by atoms with Crippen molar-refractivity contribution in [3.63, 3.8) is 0 Å². The van der Waals surface area contributed by atoms with Crippen molar-refractivity contribution in [2.45, 2.75) is 19.7 Å². The number of ether oxygens (including phenoxy) is 1. The highest BCUT2D eigenvalue weighted by Crippen LogP contribution is 2.30. The topological polar surface area (TPSA) is 45.9 Å². The van der Waals surface area contributed by atoms with Crippen LogP contribution in [0.4, 0.5) is 13.2 Å². The summed E-state index contributed by atoms with van der Waals surface area (Å²) in [6.07, 6.45) is -3.74. The SMILES string of the molecule is Cc1ncc(OC(F)(F)F)c(I)c1CC#N. The zero-order chi connectivity index (χ0) is 12.3. The van der Waals surface area contributed by atoms with Gasteiger partial charge in [-0.1, -0.05) is 0 Å². The molecule has 0 amide bonds. The van der Waals surface area contributed by atoms with Crippen LogP contribution >= 0.6 is 22.6 Å². The van der Waals surface area contributed by atoms with Crippen LogP contribution in [0.25, 0.3) is 0 Å². The van der Waals surface area contributed by atoms with Gasteiger partial charge in [-0.05, 0) is 29.5 Å². The summed E-state index contributed by atoms with van der Waals surface area (Å²) >= 11 is 1.71. The molecule has 1 heterocycles. The zero-order valence-electron chi connectivity index (χ0n) is 8.10. The normalized spacial score (nSPS) is 11.0. The Hall–Kier alpha value is -1.04. The summed E-state index contributed by atoms with van der Waals surface area (Å²) in [5.41, 5.74) is 0.991. The first-order chi connectivity index (χ1) is 7.35. The van der Waals surface area contributed by atoms with Gasteiger partial charge >= 0.3 is 6.36 Å². The van der Waals surface area contributed by atoms with Crippen LogP contribution in [0.15, 0.2) is 6.20 Å². The van der Waals surface area contributed by atoms with E-state index in [1.54, 1.807) is 29.5 Å². The monoisotopic (exact) mass is 342 g/mol. The van der Waals surface area contributed by atoms with E-state index in [0.717, 1.165) is 6.20 Å². The minimum absolute atomic E-state index is 0.00611. The highest BCUT2D eigenvalue weighted by Gasteiger charge is 2.32. The number of pyridine rings is 1. The quantitative estimate of drug-likeness (QED) is 0.777. The van der Waals surface area contributed by atoms with Crippen LogP contribution in [0.1, 0.15) is 11.3 Å². The van der Waals surface area contributed by atoms with Gasteiger partial charge in [0.05, 0.1) is 22.3 Å². The summed E-state index contributed by atoms with van der Waals surface area (Å²) in [7, 11) is 0. The molecule has 7 heteroatoms. The third kappa shape index (κ3) is 3.23. The van der Waals surface area contributed by atoms with Crippen LogP contribution in [0.3, 0.4) is 0 Å². The van der Waals surface area contributed by atoms with E-state index >= 15 is 0 Å². The molecule has 0 aromatic carbocycles. The van der Waals surface area contributed by atoms with Crippen molar-refractivity contribution in [2.24, 2.45) is 0 Å². The fraction of sp³-hybridized carbons (Fsp3) is 0.333. The average Bonchev–Trinajstić information content (AvgIpc) is 2.15. The Morgan fingerprint density at radius 2 is 2.19 bits per heavy atom. The summed E-state index contributed by atoms with van der Waals surface area (Å²) in [6.45, 7) is 1.63. The molecule has 86 valence electrons. The van der Waals surface area contributed by atoms with Gasteiger partial charge in [0, 0.05) is 11.3 Å². The van der Waals surface area contributed by atoms with E-state index in [1.807, 2.05) is 6.07 Å². The summed E-state index contributed by atoms with van der Waals surface area (Å²) in [4.78, 5) is 3.76. The van der Waals surface area contributed by atoms with Gasteiger partial charge in [0.15, 0.2) is 5.75 Å². The molecule has 1 aromatic heterocycles. The van der Waals surface area contributed by atoms with Crippen LogP contribution < -0.4 is 4.74 Å². The van der Waals surface area contributed by atoms with Crippen LogP contribution in [0.2, 0.25) is 0 Å². The van der Waals surface area contributed by atoms with Gasteiger partial charge in [0.1, 0.15) is 0 Å². The fourth-order valence-corrected chi connectivity index (χ4v) is 1.91. The first-order valence-electron chi connectivity index (χ1n) is 4.12. The summed E-state index contributed by atoms with van der Waals surface area (Å²) in [5, 5.41) is 8.55. The molecule has 0 unspecified atom stereocenters. The van der Waals surface area contributed by atoms with Crippen molar-refractivity contribution in [3.05, 3.63) is 21.0 Å². The molecule has 0 aliphatic rings.